The molecule has 1 amide bonds. The zero-order chi connectivity index (χ0) is 21.9. The van der Waals surface area contributed by atoms with E-state index < -0.39 is 24.3 Å². The summed E-state index contributed by atoms with van der Waals surface area (Å²) in [5.74, 6) is -0.864. The van der Waals surface area contributed by atoms with Crippen molar-refractivity contribution in [3.05, 3.63) is 66.2 Å². The number of nitrogens with one attached hydrogen (secondary N) is 1. The Labute approximate surface area is 174 Å². The van der Waals surface area contributed by atoms with E-state index in [1.807, 2.05) is 6.07 Å². The number of carbonyl (C=O) groups is 2. The van der Waals surface area contributed by atoms with Crippen LogP contribution >= 0.6 is 0 Å². The van der Waals surface area contributed by atoms with Gasteiger partial charge in [-0.15, -0.1) is 0 Å². The quantitative estimate of drug-likeness (QED) is 0.500. The van der Waals surface area contributed by atoms with Crippen LogP contribution in [-0.4, -0.2) is 42.6 Å². The number of phenolic OH excluding ortho intramolecular Hbond substituents is 1. The molecular weight excluding hydrogens is 390 g/mol. The van der Waals surface area contributed by atoms with Crippen molar-refractivity contribution in [3.8, 4) is 11.5 Å². The molecular formula is C22H25NO7. The molecule has 8 nitrogen and oxygen atoms in total. The first-order valence-electron chi connectivity index (χ1n) is 9.26. The van der Waals surface area contributed by atoms with Gasteiger partial charge in [-0.1, -0.05) is 30.3 Å². The van der Waals surface area contributed by atoms with Crippen LogP contribution in [0.15, 0.2) is 60.7 Å². The van der Waals surface area contributed by atoms with Gasteiger partial charge in [0.25, 0.3) is 0 Å². The summed E-state index contributed by atoms with van der Waals surface area (Å²) < 4.78 is 16.2. The molecule has 0 fully saturated rings. The summed E-state index contributed by atoms with van der Waals surface area (Å²) in [7, 11) is 2.91. The molecule has 0 saturated carbocycles. The number of anilines is 1. The molecule has 2 aromatic carbocycles. The molecule has 2 atom stereocenters. The standard InChI is InChI=1S/C22H25NO7/c1-28-18-13-12-15(14-17(18)24)21(19(29-2)10-6-7-11-20(25)26)30-22(27)23-16-8-4-3-5-9-16/h3-5,7-9,11-14,19,21,24H,6,10H2,1-2H3,(H,23,27)(H,25,26)/b11-7+/t19-,21-/m1/s1. The van der Waals surface area contributed by atoms with Gasteiger partial charge in [-0.05, 0) is 42.7 Å². The summed E-state index contributed by atoms with van der Waals surface area (Å²) in [6.45, 7) is 0. The predicted octanol–water partition coefficient (Wildman–Crippen LogP) is 4.13. The van der Waals surface area contributed by atoms with Gasteiger partial charge in [-0.25, -0.2) is 9.59 Å². The van der Waals surface area contributed by atoms with Gasteiger partial charge < -0.3 is 24.4 Å². The first-order chi connectivity index (χ1) is 14.4. The highest BCUT2D eigenvalue weighted by Crippen LogP contribution is 2.33. The second-order valence-corrected chi connectivity index (χ2v) is 6.34. The fourth-order valence-electron chi connectivity index (χ4n) is 2.86. The summed E-state index contributed by atoms with van der Waals surface area (Å²) >= 11 is 0. The smallest absolute Gasteiger partial charge is 0.412 e. The number of para-hydroxylation sites is 1. The Morgan fingerprint density at radius 1 is 1.13 bits per heavy atom. The molecule has 0 unspecified atom stereocenters. The van der Waals surface area contributed by atoms with Gasteiger partial charge in [-0.3, -0.25) is 5.32 Å². The van der Waals surface area contributed by atoms with Crippen LogP contribution in [0, 0.1) is 0 Å². The van der Waals surface area contributed by atoms with E-state index in [1.165, 1.54) is 26.4 Å². The Hall–Kier alpha value is -3.52. The first-order valence-corrected chi connectivity index (χ1v) is 9.26. The lowest BCUT2D eigenvalue weighted by Crippen LogP contribution is -2.28. The van der Waals surface area contributed by atoms with Gasteiger partial charge in [-0.2, -0.15) is 0 Å². The van der Waals surface area contributed by atoms with Crippen LogP contribution in [0.3, 0.4) is 0 Å². The van der Waals surface area contributed by atoms with Gasteiger partial charge in [0.2, 0.25) is 0 Å². The molecule has 3 N–H and O–H groups in total. The number of rotatable bonds is 10. The highest BCUT2D eigenvalue weighted by Gasteiger charge is 2.28. The lowest BCUT2D eigenvalue weighted by Gasteiger charge is -2.26. The van der Waals surface area contributed by atoms with Crippen LogP contribution in [0.5, 0.6) is 11.5 Å². The van der Waals surface area contributed by atoms with Gasteiger partial charge in [0.15, 0.2) is 17.6 Å². The largest absolute Gasteiger partial charge is 0.504 e. The number of ether oxygens (including phenoxy) is 3. The van der Waals surface area contributed by atoms with Crippen LogP contribution in [0.2, 0.25) is 0 Å². The van der Waals surface area contributed by atoms with Crippen molar-refractivity contribution in [1.29, 1.82) is 0 Å². The fourth-order valence-corrected chi connectivity index (χ4v) is 2.86. The lowest BCUT2D eigenvalue weighted by atomic mass is 9.99. The number of aromatic hydroxyl groups is 1. The van der Waals surface area contributed by atoms with Crippen molar-refractivity contribution in [3.63, 3.8) is 0 Å². The van der Waals surface area contributed by atoms with E-state index in [4.69, 9.17) is 19.3 Å². The Morgan fingerprint density at radius 3 is 2.47 bits per heavy atom. The number of benzene rings is 2. The summed E-state index contributed by atoms with van der Waals surface area (Å²) in [5, 5.41) is 21.5. The van der Waals surface area contributed by atoms with Crippen molar-refractivity contribution < 1.29 is 34.0 Å². The Morgan fingerprint density at radius 2 is 1.87 bits per heavy atom. The van der Waals surface area contributed by atoms with Crippen LogP contribution in [0.25, 0.3) is 0 Å². The van der Waals surface area contributed by atoms with E-state index in [0.717, 1.165) is 6.08 Å². The second kappa shape index (κ2) is 11.5. The van der Waals surface area contributed by atoms with E-state index in [1.54, 1.807) is 36.4 Å². The van der Waals surface area contributed by atoms with Crippen molar-refractivity contribution in [2.45, 2.75) is 25.0 Å². The third kappa shape index (κ3) is 6.82. The molecule has 0 spiro atoms. The Kier molecular flexibility index (Phi) is 8.71. The molecule has 0 heterocycles. The van der Waals surface area contributed by atoms with E-state index >= 15 is 0 Å². The minimum absolute atomic E-state index is 0.104. The van der Waals surface area contributed by atoms with Crippen molar-refractivity contribution in [2.24, 2.45) is 0 Å². The molecule has 0 radical (unpaired) electrons. The number of phenols is 1. The average Bonchev–Trinajstić information content (AvgIpc) is 2.73. The molecule has 0 aliphatic rings. The number of amides is 1. The lowest BCUT2D eigenvalue weighted by molar-refractivity contribution is -0.131. The highest BCUT2D eigenvalue weighted by atomic mass is 16.6. The highest BCUT2D eigenvalue weighted by molar-refractivity contribution is 5.84. The van der Waals surface area contributed by atoms with Gasteiger partial charge in [0.1, 0.15) is 0 Å². The first kappa shape index (κ1) is 22.8. The molecule has 0 bridgehead atoms. The number of carboxylic acid groups (broad SMARTS) is 1. The molecule has 0 aromatic heterocycles. The van der Waals surface area contributed by atoms with Crippen LogP contribution in [-0.2, 0) is 14.3 Å². The van der Waals surface area contributed by atoms with Gasteiger partial charge in [0.05, 0.1) is 13.2 Å². The van der Waals surface area contributed by atoms with Gasteiger partial charge in [0, 0.05) is 18.9 Å². The van der Waals surface area contributed by atoms with E-state index in [2.05, 4.69) is 5.32 Å². The second-order valence-electron chi connectivity index (χ2n) is 6.34. The fraction of sp³-hybridized carbons (Fsp3) is 0.273. The number of carboxylic acids is 1. The van der Waals surface area contributed by atoms with Crippen LogP contribution < -0.4 is 10.1 Å². The van der Waals surface area contributed by atoms with Crippen molar-refractivity contribution >= 4 is 17.7 Å². The van der Waals surface area contributed by atoms with Gasteiger partial charge >= 0.3 is 12.1 Å². The predicted molar refractivity (Wildman–Crippen MR) is 111 cm³/mol. The minimum Gasteiger partial charge on any atom is -0.504 e. The average molecular weight is 415 g/mol. The van der Waals surface area contributed by atoms with Crippen LogP contribution in [0.4, 0.5) is 10.5 Å². The molecule has 30 heavy (non-hydrogen) atoms. The summed E-state index contributed by atoms with van der Waals surface area (Å²) in [5.41, 5.74) is 1.07. The number of carbonyl (C=O) groups excluding carboxylic acids is 1. The molecule has 2 aromatic rings. The molecule has 2 rings (SSSR count). The maximum atomic E-state index is 12.5. The Balaban J connectivity index is 2.22. The third-order valence-corrected chi connectivity index (χ3v) is 4.30. The summed E-state index contributed by atoms with van der Waals surface area (Å²) in [6, 6.07) is 13.5. The van der Waals surface area contributed by atoms with E-state index in [9.17, 15) is 14.7 Å². The maximum absolute atomic E-state index is 12.5. The molecule has 0 saturated heterocycles. The molecule has 8 heteroatoms. The zero-order valence-corrected chi connectivity index (χ0v) is 16.8. The SMILES string of the molecule is COc1ccc([C@@H](OC(=O)Nc2ccccc2)[C@@H](CC/C=C/C(=O)O)OC)cc1O. The number of hydrogen-bond acceptors (Lipinski definition) is 6. The number of hydrogen-bond donors (Lipinski definition) is 3. The molecule has 0 aliphatic heterocycles. The normalized spacial score (nSPS) is 12.9. The monoisotopic (exact) mass is 415 g/mol. The zero-order valence-electron chi connectivity index (χ0n) is 16.8. The van der Waals surface area contributed by atoms with Crippen molar-refractivity contribution in [2.75, 3.05) is 19.5 Å². The third-order valence-electron chi connectivity index (χ3n) is 4.30. The minimum atomic E-state index is -1.04. The summed E-state index contributed by atoms with van der Waals surface area (Å²) in [6.07, 6.45) is 1.20. The van der Waals surface area contributed by atoms with Crippen LogP contribution in [0.1, 0.15) is 24.5 Å². The summed E-state index contributed by atoms with van der Waals surface area (Å²) in [4.78, 5) is 23.1. The number of allylic oxidation sites excluding steroid dienone is 1. The number of aliphatic carboxylic acids is 1. The maximum Gasteiger partial charge on any atom is 0.412 e. The Bertz CT molecular complexity index is 867. The topological polar surface area (TPSA) is 114 Å². The molecule has 0 aliphatic carbocycles. The van der Waals surface area contributed by atoms with E-state index in [0.29, 0.717) is 24.1 Å². The molecule has 160 valence electrons. The van der Waals surface area contributed by atoms with Crippen molar-refractivity contribution in [1.82, 2.24) is 0 Å². The number of methoxy groups -OCH3 is 2. The van der Waals surface area contributed by atoms with E-state index in [-0.39, 0.29) is 11.5 Å².